The highest BCUT2D eigenvalue weighted by Crippen LogP contribution is 2.27. The van der Waals surface area contributed by atoms with Crippen LogP contribution in [0.2, 0.25) is 0 Å². The molecule has 4 rings (SSSR count). The zero-order valence-electron chi connectivity index (χ0n) is 16.1. The van der Waals surface area contributed by atoms with Crippen LogP contribution in [-0.4, -0.2) is 42.1 Å². The maximum Gasteiger partial charge on any atom is 0.246 e. The van der Waals surface area contributed by atoms with Crippen LogP contribution in [-0.2, 0) is 16.7 Å². The number of aryl methyl sites for hydroxylation is 1. The Hall–Kier alpha value is -1.22. The van der Waals surface area contributed by atoms with Crippen LogP contribution in [0, 0.1) is 13.8 Å². The molecule has 0 aromatic carbocycles. The molecular weight excluding hydrogens is 380 g/mol. The van der Waals surface area contributed by atoms with Crippen LogP contribution in [0.1, 0.15) is 54.4 Å². The molecule has 4 heterocycles. The minimum atomic E-state index is -3.45. The van der Waals surface area contributed by atoms with E-state index in [1.165, 1.54) is 22.6 Å². The predicted octanol–water partition coefficient (Wildman–Crippen LogP) is 2.11. The summed E-state index contributed by atoms with van der Waals surface area (Å²) in [5, 5.41) is 6.78. The highest BCUT2D eigenvalue weighted by molar-refractivity contribution is 7.89. The van der Waals surface area contributed by atoms with Gasteiger partial charge < -0.3 is 4.90 Å². The molecule has 0 spiro atoms. The third-order valence-electron chi connectivity index (χ3n) is 5.95. The van der Waals surface area contributed by atoms with E-state index in [9.17, 15) is 8.42 Å². The third-order valence-corrected chi connectivity index (χ3v) is 9.09. The van der Waals surface area contributed by atoms with Crippen molar-refractivity contribution in [2.24, 2.45) is 0 Å². The standard InChI is InChI=1S/C19H28N4O2S2/c1-15-19(27(24,25)22-11-4-3-5-12-22)16(2)23(20-15)14-21-10-6-8-17(21)18-9-7-13-26-18/h7,9,13,17H,3-6,8,10-12,14H2,1-2H3/p+1/t17-/m1/s1. The van der Waals surface area contributed by atoms with Crippen molar-refractivity contribution in [1.82, 2.24) is 14.1 Å². The molecule has 8 heteroatoms. The van der Waals surface area contributed by atoms with Gasteiger partial charge in [0.2, 0.25) is 10.0 Å². The van der Waals surface area contributed by atoms with Crippen molar-refractivity contribution in [2.75, 3.05) is 19.6 Å². The van der Waals surface area contributed by atoms with E-state index in [-0.39, 0.29) is 0 Å². The van der Waals surface area contributed by atoms with Crippen molar-refractivity contribution in [3.05, 3.63) is 33.8 Å². The van der Waals surface area contributed by atoms with Gasteiger partial charge in [-0.1, -0.05) is 12.5 Å². The van der Waals surface area contributed by atoms with Gasteiger partial charge in [-0.25, -0.2) is 13.1 Å². The topological polar surface area (TPSA) is 59.6 Å². The largest absolute Gasteiger partial charge is 0.310 e. The number of rotatable bonds is 5. The van der Waals surface area contributed by atoms with E-state index in [1.54, 1.807) is 4.31 Å². The summed E-state index contributed by atoms with van der Waals surface area (Å²) in [5.74, 6) is 0. The van der Waals surface area contributed by atoms with Crippen LogP contribution < -0.4 is 4.90 Å². The van der Waals surface area contributed by atoms with Crippen LogP contribution >= 0.6 is 11.3 Å². The number of hydrogen-bond donors (Lipinski definition) is 1. The summed E-state index contributed by atoms with van der Waals surface area (Å²) in [6.07, 6.45) is 5.41. The Morgan fingerprint density at radius 3 is 2.70 bits per heavy atom. The van der Waals surface area contributed by atoms with E-state index in [2.05, 4.69) is 22.6 Å². The van der Waals surface area contributed by atoms with Crippen molar-refractivity contribution >= 4 is 21.4 Å². The molecule has 2 aliphatic heterocycles. The lowest BCUT2D eigenvalue weighted by molar-refractivity contribution is -0.941. The Kier molecular flexibility index (Phi) is 5.42. The molecule has 2 aromatic heterocycles. The number of quaternary nitrogens is 1. The highest BCUT2D eigenvalue weighted by Gasteiger charge is 2.35. The van der Waals surface area contributed by atoms with Gasteiger partial charge in [0, 0.05) is 25.9 Å². The Labute approximate surface area is 165 Å². The molecule has 2 fully saturated rings. The number of nitrogens with one attached hydrogen (secondary N) is 1. The predicted molar refractivity (Wildman–Crippen MR) is 106 cm³/mol. The molecule has 27 heavy (non-hydrogen) atoms. The van der Waals surface area contributed by atoms with Gasteiger partial charge >= 0.3 is 0 Å². The lowest BCUT2D eigenvalue weighted by Gasteiger charge is -2.26. The Morgan fingerprint density at radius 2 is 2.00 bits per heavy atom. The lowest BCUT2D eigenvalue weighted by atomic mass is 10.2. The summed E-state index contributed by atoms with van der Waals surface area (Å²) >= 11 is 1.82. The molecule has 1 N–H and O–H groups in total. The van der Waals surface area contributed by atoms with Gasteiger partial charge in [-0.05, 0) is 38.1 Å². The van der Waals surface area contributed by atoms with E-state index in [0.717, 1.165) is 38.2 Å². The van der Waals surface area contributed by atoms with Gasteiger partial charge in [-0.15, -0.1) is 11.3 Å². The molecule has 2 aliphatic rings. The molecule has 2 atom stereocenters. The maximum atomic E-state index is 13.2. The average Bonchev–Trinajstić information content (AvgIpc) is 3.37. The molecule has 1 unspecified atom stereocenters. The maximum absolute atomic E-state index is 13.2. The van der Waals surface area contributed by atoms with Crippen LogP contribution in [0.15, 0.2) is 22.4 Å². The summed E-state index contributed by atoms with van der Waals surface area (Å²) < 4.78 is 30.0. The molecule has 0 amide bonds. The van der Waals surface area contributed by atoms with E-state index < -0.39 is 10.0 Å². The van der Waals surface area contributed by atoms with Gasteiger partial charge in [0.1, 0.15) is 10.9 Å². The van der Waals surface area contributed by atoms with E-state index >= 15 is 0 Å². The monoisotopic (exact) mass is 409 g/mol. The van der Waals surface area contributed by atoms with Gasteiger partial charge in [0.05, 0.1) is 22.8 Å². The molecule has 2 aromatic rings. The van der Waals surface area contributed by atoms with E-state index in [4.69, 9.17) is 0 Å². The minimum absolute atomic E-state index is 0.427. The molecule has 2 saturated heterocycles. The van der Waals surface area contributed by atoms with Crippen molar-refractivity contribution in [3.8, 4) is 0 Å². The fraction of sp³-hybridized carbons (Fsp3) is 0.632. The first kappa shape index (κ1) is 19.1. The minimum Gasteiger partial charge on any atom is -0.310 e. The smallest absolute Gasteiger partial charge is 0.246 e. The van der Waals surface area contributed by atoms with Gasteiger partial charge in [-0.2, -0.15) is 9.40 Å². The lowest BCUT2D eigenvalue weighted by Crippen LogP contribution is -3.09. The summed E-state index contributed by atoms with van der Waals surface area (Å²) in [6, 6.07) is 4.83. The van der Waals surface area contributed by atoms with E-state index in [1.807, 2.05) is 29.9 Å². The molecule has 0 bridgehead atoms. The third kappa shape index (κ3) is 3.60. The SMILES string of the molecule is Cc1nn(C[NH+]2CCC[C@@H]2c2cccs2)c(C)c1S(=O)(=O)N1CCCCC1. The van der Waals surface area contributed by atoms with Crippen molar-refractivity contribution in [1.29, 1.82) is 0 Å². The van der Waals surface area contributed by atoms with Crippen molar-refractivity contribution in [3.63, 3.8) is 0 Å². The molecule has 6 nitrogen and oxygen atoms in total. The van der Waals surface area contributed by atoms with Crippen molar-refractivity contribution in [2.45, 2.75) is 63.6 Å². The van der Waals surface area contributed by atoms with Crippen molar-refractivity contribution < 1.29 is 13.3 Å². The second-order valence-electron chi connectivity index (χ2n) is 7.74. The zero-order chi connectivity index (χ0) is 19.0. The van der Waals surface area contributed by atoms with E-state index in [0.29, 0.717) is 29.7 Å². The van der Waals surface area contributed by atoms with Gasteiger partial charge in [0.25, 0.3) is 0 Å². The molecule has 0 radical (unpaired) electrons. The number of likely N-dealkylation sites (tertiary alicyclic amines) is 1. The Morgan fingerprint density at radius 1 is 1.22 bits per heavy atom. The second-order valence-corrected chi connectivity index (χ2v) is 10.6. The summed E-state index contributed by atoms with van der Waals surface area (Å²) in [5.41, 5.74) is 1.41. The molecule has 0 saturated carbocycles. The summed E-state index contributed by atoms with van der Waals surface area (Å²) in [4.78, 5) is 3.32. The number of sulfonamides is 1. The molecule has 148 valence electrons. The number of nitrogens with zero attached hydrogens (tertiary/aromatic N) is 3. The first-order valence-corrected chi connectivity index (χ1v) is 12.2. The average molecular weight is 410 g/mol. The van der Waals surface area contributed by atoms with Crippen LogP contribution in [0.4, 0.5) is 0 Å². The van der Waals surface area contributed by atoms with Crippen LogP contribution in [0.3, 0.4) is 0 Å². The van der Waals surface area contributed by atoms with Crippen LogP contribution in [0.5, 0.6) is 0 Å². The fourth-order valence-corrected chi connectivity index (χ4v) is 7.38. The molecular formula is C19H29N4O2S2+. The first-order chi connectivity index (χ1) is 13.0. The second kappa shape index (κ2) is 7.66. The fourth-order valence-electron chi connectivity index (χ4n) is 4.57. The number of aromatic nitrogens is 2. The highest BCUT2D eigenvalue weighted by atomic mass is 32.2. The Balaban J connectivity index is 1.59. The molecule has 0 aliphatic carbocycles. The number of hydrogen-bond acceptors (Lipinski definition) is 4. The zero-order valence-corrected chi connectivity index (χ0v) is 17.8. The van der Waals surface area contributed by atoms with Gasteiger partial charge in [0.15, 0.2) is 6.67 Å². The normalized spacial score (nSPS) is 24.5. The number of thiophene rings is 1. The Bertz CT molecular complexity index is 883. The number of piperidine rings is 1. The van der Waals surface area contributed by atoms with Gasteiger partial charge in [-0.3, -0.25) is 0 Å². The first-order valence-electron chi connectivity index (χ1n) is 9.90. The van der Waals surface area contributed by atoms with Crippen LogP contribution in [0.25, 0.3) is 0 Å². The quantitative estimate of drug-likeness (QED) is 0.823. The summed E-state index contributed by atoms with van der Waals surface area (Å²) in [6.45, 7) is 6.83. The summed E-state index contributed by atoms with van der Waals surface area (Å²) in [7, 11) is -3.45.